The van der Waals surface area contributed by atoms with Crippen molar-refractivity contribution in [2.45, 2.75) is 33.2 Å². The molecule has 1 aromatic heterocycles. The molecule has 0 aromatic carbocycles. The number of rotatable bonds is 2. The van der Waals surface area contributed by atoms with E-state index in [1.54, 1.807) is 0 Å². The van der Waals surface area contributed by atoms with E-state index in [-0.39, 0.29) is 0 Å². The van der Waals surface area contributed by atoms with Gasteiger partial charge in [0.15, 0.2) is 0 Å². The number of aryl methyl sites for hydroxylation is 1. The Labute approximate surface area is 62.7 Å². The molecule has 0 unspecified atom stereocenters. The first-order valence-electron chi connectivity index (χ1n) is 3.90. The van der Waals surface area contributed by atoms with Gasteiger partial charge in [0.25, 0.3) is 0 Å². The van der Waals surface area contributed by atoms with Crippen LogP contribution in [0.1, 0.15) is 32.4 Å². The summed E-state index contributed by atoms with van der Waals surface area (Å²) in [6, 6.07) is 4.30. The minimum Gasteiger partial charge on any atom is -0.351 e. The van der Waals surface area contributed by atoms with Gasteiger partial charge < -0.3 is 4.57 Å². The monoisotopic (exact) mass is 137 g/mol. The van der Waals surface area contributed by atoms with E-state index in [9.17, 15) is 0 Å². The Balaban J connectivity index is 2.90. The quantitative estimate of drug-likeness (QED) is 0.590. The zero-order valence-electron chi connectivity index (χ0n) is 6.96. The van der Waals surface area contributed by atoms with Gasteiger partial charge in [-0.2, -0.15) is 0 Å². The van der Waals surface area contributed by atoms with Crippen molar-refractivity contribution in [3.05, 3.63) is 24.0 Å². The third kappa shape index (κ3) is 1.23. The smallest absolute Gasteiger partial charge is 0.0200 e. The lowest BCUT2D eigenvalue weighted by Crippen LogP contribution is -1.99. The van der Waals surface area contributed by atoms with Crippen LogP contribution in [0, 0.1) is 0 Å². The first kappa shape index (κ1) is 7.39. The molecule has 0 aliphatic rings. The maximum Gasteiger partial charge on any atom is 0.0200 e. The first-order chi connectivity index (χ1) is 4.75. The van der Waals surface area contributed by atoms with Crippen molar-refractivity contribution in [1.82, 2.24) is 4.57 Å². The third-order valence-electron chi connectivity index (χ3n) is 1.80. The molecular weight excluding hydrogens is 122 g/mol. The molecule has 1 rings (SSSR count). The Morgan fingerprint density at radius 1 is 1.50 bits per heavy atom. The normalized spacial score (nSPS) is 10.8. The fourth-order valence-corrected chi connectivity index (χ4v) is 1.24. The highest BCUT2D eigenvalue weighted by Gasteiger charge is 2.01. The molecule has 0 aliphatic heterocycles. The van der Waals surface area contributed by atoms with Gasteiger partial charge in [0.05, 0.1) is 0 Å². The maximum atomic E-state index is 2.28. The summed E-state index contributed by atoms with van der Waals surface area (Å²) in [6.45, 7) is 7.70. The standard InChI is InChI=1S/C9H15N/c1-4-10-7-5-6-9(10)8(2)3/h5-8H,4H2,1-3H3. The van der Waals surface area contributed by atoms with Gasteiger partial charge in [-0.15, -0.1) is 0 Å². The summed E-state index contributed by atoms with van der Waals surface area (Å²) >= 11 is 0. The predicted molar refractivity (Wildman–Crippen MR) is 44.2 cm³/mol. The average Bonchev–Trinajstić information content (AvgIpc) is 2.33. The van der Waals surface area contributed by atoms with E-state index >= 15 is 0 Å². The average molecular weight is 137 g/mol. The lowest BCUT2D eigenvalue weighted by molar-refractivity contribution is 0.673. The summed E-state index contributed by atoms with van der Waals surface area (Å²) in [7, 11) is 0. The van der Waals surface area contributed by atoms with E-state index in [4.69, 9.17) is 0 Å². The molecule has 10 heavy (non-hydrogen) atoms. The number of hydrogen-bond donors (Lipinski definition) is 0. The second-order valence-corrected chi connectivity index (χ2v) is 2.87. The number of nitrogens with zero attached hydrogens (tertiary/aromatic N) is 1. The van der Waals surface area contributed by atoms with Gasteiger partial charge in [0, 0.05) is 18.4 Å². The second-order valence-electron chi connectivity index (χ2n) is 2.87. The van der Waals surface area contributed by atoms with Gasteiger partial charge in [-0.05, 0) is 25.0 Å². The van der Waals surface area contributed by atoms with E-state index in [2.05, 4.69) is 43.7 Å². The van der Waals surface area contributed by atoms with Gasteiger partial charge in [0.1, 0.15) is 0 Å². The van der Waals surface area contributed by atoms with Gasteiger partial charge in [0.2, 0.25) is 0 Å². The molecule has 1 aromatic rings. The molecule has 0 amide bonds. The van der Waals surface area contributed by atoms with Gasteiger partial charge >= 0.3 is 0 Å². The van der Waals surface area contributed by atoms with Crippen LogP contribution >= 0.6 is 0 Å². The Bertz CT molecular complexity index is 198. The zero-order chi connectivity index (χ0) is 7.56. The summed E-state index contributed by atoms with van der Waals surface area (Å²) in [5.41, 5.74) is 1.43. The second kappa shape index (κ2) is 2.91. The van der Waals surface area contributed by atoms with Crippen LogP contribution in [-0.2, 0) is 6.54 Å². The first-order valence-corrected chi connectivity index (χ1v) is 3.90. The summed E-state index contributed by atoms with van der Waals surface area (Å²) in [5, 5.41) is 0. The van der Waals surface area contributed by atoms with Crippen molar-refractivity contribution in [1.29, 1.82) is 0 Å². The zero-order valence-corrected chi connectivity index (χ0v) is 6.96. The van der Waals surface area contributed by atoms with E-state index in [1.165, 1.54) is 5.69 Å². The molecule has 0 radical (unpaired) electrons. The topological polar surface area (TPSA) is 4.93 Å². The van der Waals surface area contributed by atoms with Crippen molar-refractivity contribution >= 4 is 0 Å². The van der Waals surface area contributed by atoms with Crippen LogP contribution < -0.4 is 0 Å². The summed E-state index contributed by atoms with van der Waals surface area (Å²) in [4.78, 5) is 0. The van der Waals surface area contributed by atoms with E-state index in [0.29, 0.717) is 5.92 Å². The molecule has 0 atom stereocenters. The Hall–Kier alpha value is -0.720. The minimum absolute atomic E-state index is 0.648. The molecule has 0 N–H and O–H groups in total. The molecule has 0 spiro atoms. The molecule has 1 nitrogen and oxygen atoms in total. The van der Waals surface area contributed by atoms with Crippen LogP contribution in [0.25, 0.3) is 0 Å². The summed E-state index contributed by atoms with van der Waals surface area (Å²) < 4.78 is 2.28. The highest BCUT2D eigenvalue weighted by atomic mass is 15.0. The molecule has 0 bridgehead atoms. The summed E-state index contributed by atoms with van der Waals surface area (Å²) in [6.07, 6.45) is 2.13. The molecule has 1 heterocycles. The SMILES string of the molecule is CCn1cccc1C(C)C. The van der Waals surface area contributed by atoms with Crippen LogP contribution in [0.5, 0.6) is 0 Å². The van der Waals surface area contributed by atoms with Crippen LogP contribution in [0.15, 0.2) is 18.3 Å². The highest BCUT2D eigenvalue weighted by Crippen LogP contribution is 2.14. The largest absolute Gasteiger partial charge is 0.351 e. The van der Waals surface area contributed by atoms with Crippen LogP contribution in [-0.4, -0.2) is 4.57 Å². The van der Waals surface area contributed by atoms with Crippen molar-refractivity contribution in [3.8, 4) is 0 Å². The van der Waals surface area contributed by atoms with Gasteiger partial charge in [-0.1, -0.05) is 13.8 Å². The van der Waals surface area contributed by atoms with Crippen molar-refractivity contribution < 1.29 is 0 Å². The van der Waals surface area contributed by atoms with Gasteiger partial charge in [-0.3, -0.25) is 0 Å². The summed E-state index contributed by atoms with van der Waals surface area (Å²) in [5.74, 6) is 0.648. The molecule has 0 saturated heterocycles. The molecule has 0 fully saturated rings. The molecule has 56 valence electrons. The fraction of sp³-hybridized carbons (Fsp3) is 0.556. The minimum atomic E-state index is 0.648. The van der Waals surface area contributed by atoms with Gasteiger partial charge in [-0.25, -0.2) is 0 Å². The molecule has 0 aliphatic carbocycles. The molecule has 1 heteroatoms. The number of hydrogen-bond acceptors (Lipinski definition) is 0. The lowest BCUT2D eigenvalue weighted by atomic mass is 10.1. The highest BCUT2D eigenvalue weighted by molar-refractivity contribution is 5.10. The van der Waals surface area contributed by atoms with E-state index < -0.39 is 0 Å². The van der Waals surface area contributed by atoms with Crippen LogP contribution in [0.4, 0.5) is 0 Å². The van der Waals surface area contributed by atoms with E-state index in [0.717, 1.165) is 6.54 Å². The van der Waals surface area contributed by atoms with Crippen LogP contribution in [0.3, 0.4) is 0 Å². The Morgan fingerprint density at radius 3 is 2.60 bits per heavy atom. The van der Waals surface area contributed by atoms with E-state index in [1.807, 2.05) is 0 Å². The van der Waals surface area contributed by atoms with Crippen molar-refractivity contribution in [2.24, 2.45) is 0 Å². The Morgan fingerprint density at radius 2 is 2.20 bits per heavy atom. The predicted octanol–water partition coefficient (Wildman–Crippen LogP) is 2.63. The third-order valence-corrected chi connectivity index (χ3v) is 1.80. The fourth-order valence-electron chi connectivity index (χ4n) is 1.24. The maximum absolute atomic E-state index is 2.28. The number of aromatic nitrogens is 1. The van der Waals surface area contributed by atoms with Crippen LogP contribution in [0.2, 0.25) is 0 Å². The van der Waals surface area contributed by atoms with Crippen molar-refractivity contribution in [3.63, 3.8) is 0 Å². The lowest BCUT2D eigenvalue weighted by Gasteiger charge is -2.08. The molecular formula is C9H15N. The van der Waals surface area contributed by atoms with Crippen molar-refractivity contribution in [2.75, 3.05) is 0 Å². The molecule has 0 saturated carbocycles. The Kier molecular flexibility index (Phi) is 2.15.